The number of nitrogens with two attached hydrogens (primary N) is 1. The van der Waals surface area contributed by atoms with Gasteiger partial charge in [0.1, 0.15) is 0 Å². The third-order valence-corrected chi connectivity index (χ3v) is 3.07. The predicted octanol–water partition coefficient (Wildman–Crippen LogP) is 0.786. The van der Waals surface area contributed by atoms with Crippen LogP contribution in [0, 0.1) is 6.92 Å². The van der Waals surface area contributed by atoms with Crippen LogP contribution in [0.4, 0.5) is 11.9 Å². The normalized spacial score (nSPS) is 15.0. The van der Waals surface area contributed by atoms with Gasteiger partial charge >= 0.3 is 6.01 Å². The molecule has 2 aromatic rings. The van der Waals surface area contributed by atoms with Crippen LogP contribution >= 0.6 is 0 Å². The maximum atomic E-state index is 5.74. The van der Waals surface area contributed by atoms with E-state index in [-0.39, 0.29) is 12.0 Å². The van der Waals surface area contributed by atoms with Gasteiger partial charge in [-0.3, -0.25) is 4.98 Å². The molecule has 0 bridgehead atoms. The van der Waals surface area contributed by atoms with Crippen molar-refractivity contribution in [3.05, 3.63) is 24.0 Å². The van der Waals surface area contributed by atoms with Crippen LogP contribution in [-0.4, -0.2) is 46.2 Å². The van der Waals surface area contributed by atoms with E-state index >= 15 is 0 Å². The van der Waals surface area contributed by atoms with E-state index in [1.807, 2.05) is 11.8 Å². The summed E-state index contributed by atoms with van der Waals surface area (Å²) in [5.41, 5.74) is 6.50. The quantitative estimate of drug-likeness (QED) is 0.884. The SMILES string of the molecule is Cc1ncccc1Oc1nc(N)nc(N2CCOCC2)n1. The first kappa shape index (κ1) is 13.5. The zero-order chi connectivity index (χ0) is 14.7. The van der Waals surface area contributed by atoms with Gasteiger partial charge in [0.15, 0.2) is 5.75 Å². The van der Waals surface area contributed by atoms with Crippen LogP contribution in [0.3, 0.4) is 0 Å². The highest BCUT2D eigenvalue weighted by atomic mass is 16.5. The lowest BCUT2D eigenvalue weighted by Gasteiger charge is -2.26. The van der Waals surface area contributed by atoms with Crippen LogP contribution in [0.15, 0.2) is 18.3 Å². The van der Waals surface area contributed by atoms with Gasteiger partial charge in [-0.15, -0.1) is 0 Å². The molecule has 0 unspecified atom stereocenters. The van der Waals surface area contributed by atoms with Crippen molar-refractivity contribution in [1.82, 2.24) is 19.9 Å². The molecule has 1 aliphatic rings. The van der Waals surface area contributed by atoms with Crippen molar-refractivity contribution in [1.29, 1.82) is 0 Å². The first-order valence-corrected chi connectivity index (χ1v) is 6.66. The molecule has 1 aliphatic heterocycles. The zero-order valence-corrected chi connectivity index (χ0v) is 11.7. The molecule has 0 aliphatic carbocycles. The van der Waals surface area contributed by atoms with Gasteiger partial charge in [-0.2, -0.15) is 15.0 Å². The minimum absolute atomic E-state index is 0.128. The van der Waals surface area contributed by atoms with E-state index in [0.29, 0.717) is 24.9 Å². The van der Waals surface area contributed by atoms with Crippen LogP contribution < -0.4 is 15.4 Å². The van der Waals surface area contributed by atoms with Crippen molar-refractivity contribution in [3.63, 3.8) is 0 Å². The Kier molecular flexibility index (Phi) is 3.78. The van der Waals surface area contributed by atoms with E-state index in [1.165, 1.54) is 0 Å². The monoisotopic (exact) mass is 288 g/mol. The van der Waals surface area contributed by atoms with Crippen molar-refractivity contribution in [3.8, 4) is 11.8 Å². The summed E-state index contributed by atoms with van der Waals surface area (Å²) in [7, 11) is 0. The number of anilines is 2. The number of hydrogen-bond acceptors (Lipinski definition) is 8. The lowest BCUT2D eigenvalue weighted by molar-refractivity contribution is 0.122. The lowest BCUT2D eigenvalue weighted by atomic mass is 10.3. The van der Waals surface area contributed by atoms with Gasteiger partial charge in [0.2, 0.25) is 11.9 Å². The average molecular weight is 288 g/mol. The number of nitrogens with zero attached hydrogens (tertiary/aromatic N) is 5. The third-order valence-electron chi connectivity index (χ3n) is 3.07. The van der Waals surface area contributed by atoms with Gasteiger partial charge in [-0.25, -0.2) is 0 Å². The molecule has 8 heteroatoms. The molecule has 3 heterocycles. The number of aryl methyl sites for hydroxylation is 1. The number of rotatable bonds is 3. The van der Waals surface area contributed by atoms with Crippen LogP contribution in [0.5, 0.6) is 11.8 Å². The van der Waals surface area contributed by atoms with E-state index in [4.69, 9.17) is 15.2 Å². The number of hydrogen-bond donors (Lipinski definition) is 1. The van der Waals surface area contributed by atoms with E-state index in [0.717, 1.165) is 18.8 Å². The molecule has 0 spiro atoms. The second kappa shape index (κ2) is 5.88. The second-order valence-corrected chi connectivity index (χ2v) is 4.56. The fraction of sp³-hybridized carbons (Fsp3) is 0.385. The molecule has 0 radical (unpaired) electrons. The van der Waals surface area contributed by atoms with Gasteiger partial charge in [-0.05, 0) is 19.1 Å². The zero-order valence-electron chi connectivity index (χ0n) is 11.7. The number of pyridine rings is 1. The Balaban J connectivity index is 1.85. The largest absolute Gasteiger partial charge is 0.422 e. The van der Waals surface area contributed by atoms with Crippen LogP contribution in [0.2, 0.25) is 0 Å². The number of morpholine rings is 1. The molecule has 1 saturated heterocycles. The minimum Gasteiger partial charge on any atom is -0.422 e. The molecule has 1 fully saturated rings. The predicted molar refractivity (Wildman–Crippen MR) is 76.3 cm³/mol. The van der Waals surface area contributed by atoms with Gasteiger partial charge in [0.05, 0.1) is 18.9 Å². The summed E-state index contributed by atoms with van der Waals surface area (Å²) in [4.78, 5) is 18.6. The molecule has 2 N–H and O–H groups in total. The smallest absolute Gasteiger partial charge is 0.328 e. The highest BCUT2D eigenvalue weighted by Gasteiger charge is 2.17. The Bertz CT molecular complexity index is 630. The van der Waals surface area contributed by atoms with Crippen LogP contribution in [0.25, 0.3) is 0 Å². The minimum atomic E-state index is 0.128. The molecule has 0 aromatic carbocycles. The maximum Gasteiger partial charge on any atom is 0.328 e. The lowest BCUT2D eigenvalue weighted by Crippen LogP contribution is -2.37. The molecule has 2 aromatic heterocycles. The van der Waals surface area contributed by atoms with Crippen molar-refractivity contribution >= 4 is 11.9 Å². The summed E-state index contributed by atoms with van der Waals surface area (Å²) in [6.45, 7) is 4.57. The summed E-state index contributed by atoms with van der Waals surface area (Å²) >= 11 is 0. The molecule has 0 amide bonds. The Morgan fingerprint density at radius 2 is 2.05 bits per heavy atom. The highest BCUT2D eigenvalue weighted by molar-refractivity contribution is 5.37. The number of nitrogen functional groups attached to an aromatic ring is 1. The maximum absolute atomic E-state index is 5.74. The van der Waals surface area contributed by atoms with Crippen molar-refractivity contribution < 1.29 is 9.47 Å². The standard InChI is InChI=1S/C13H16N6O2/c1-9-10(3-2-4-15-9)21-13-17-11(14)16-12(18-13)19-5-7-20-8-6-19/h2-4H,5-8H2,1H3,(H2,14,16,17,18). The van der Waals surface area contributed by atoms with Gasteiger partial charge in [0.25, 0.3) is 0 Å². The van der Waals surface area contributed by atoms with Crippen molar-refractivity contribution in [2.45, 2.75) is 6.92 Å². The molecular formula is C13H16N6O2. The van der Waals surface area contributed by atoms with E-state index in [1.54, 1.807) is 18.3 Å². The van der Waals surface area contributed by atoms with E-state index in [9.17, 15) is 0 Å². The average Bonchev–Trinajstić information content (AvgIpc) is 2.50. The Morgan fingerprint density at radius 1 is 1.24 bits per heavy atom. The van der Waals surface area contributed by atoms with Gasteiger partial charge in [-0.1, -0.05) is 0 Å². The number of ether oxygens (including phenoxy) is 2. The fourth-order valence-corrected chi connectivity index (χ4v) is 1.99. The van der Waals surface area contributed by atoms with E-state index in [2.05, 4.69) is 19.9 Å². The Morgan fingerprint density at radius 3 is 2.81 bits per heavy atom. The van der Waals surface area contributed by atoms with Crippen molar-refractivity contribution in [2.75, 3.05) is 36.9 Å². The Hall–Kier alpha value is -2.48. The summed E-state index contributed by atoms with van der Waals surface area (Å²) < 4.78 is 11.0. The molecule has 3 rings (SSSR count). The second-order valence-electron chi connectivity index (χ2n) is 4.56. The van der Waals surface area contributed by atoms with Crippen LogP contribution in [-0.2, 0) is 4.74 Å². The molecule has 0 atom stereocenters. The topological polar surface area (TPSA) is 99.3 Å². The molecular weight excluding hydrogens is 272 g/mol. The molecule has 110 valence electrons. The Labute approximate surface area is 122 Å². The van der Waals surface area contributed by atoms with Gasteiger partial charge < -0.3 is 20.1 Å². The summed E-state index contributed by atoms with van der Waals surface area (Å²) in [6.07, 6.45) is 1.70. The number of aromatic nitrogens is 4. The van der Waals surface area contributed by atoms with Crippen LogP contribution in [0.1, 0.15) is 5.69 Å². The first-order chi connectivity index (χ1) is 10.2. The molecule has 21 heavy (non-hydrogen) atoms. The summed E-state index contributed by atoms with van der Waals surface area (Å²) in [5.74, 6) is 1.22. The van der Waals surface area contributed by atoms with Gasteiger partial charge in [0, 0.05) is 19.3 Å². The molecule has 8 nitrogen and oxygen atoms in total. The third kappa shape index (κ3) is 3.16. The van der Waals surface area contributed by atoms with E-state index < -0.39 is 0 Å². The summed E-state index contributed by atoms with van der Waals surface area (Å²) in [6, 6.07) is 3.76. The van der Waals surface area contributed by atoms with Crippen molar-refractivity contribution in [2.24, 2.45) is 0 Å². The summed E-state index contributed by atoms with van der Waals surface area (Å²) in [5, 5.41) is 0. The fourth-order valence-electron chi connectivity index (χ4n) is 1.99. The molecule has 0 saturated carbocycles. The first-order valence-electron chi connectivity index (χ1n) is 6.66. The highest BCUT2D eigenvalue weighted by Crippen LogP contribution is 2.22.